The van der Waals surface area contributed by atoms with E-state index in [9.17, 15) is 4.79 Å². The van der Waals surface area contributed by atoms with Crippen LogP contribution >= 0.6 is 23.4 Å². The zero-order valence-corrected chi connectivity index (χ0v) is 16.0. The van der Waals surface area contributed by atoms with E-state index < -0.39 is 0 Å². The first-order valence-electron chi connectivity index (χ1n) is 8.05. The van der Waals surface area contributed by atoms with E-state index in [0.29, 0.717) is 21.1 Å². The first kappa shape index (κ1) is 18.0. The predicted molar refractivity (Wildman–Crippen MR) is 106 cm³/mol. The van der Waals surface area contributed by atoms with Crippen LogP contribution in [0.1, 0.15) is 6.92 Å². The highest BCUT2D eigenvalue weighted by molar-refractivity contribution is 7.99. The molecule has 0 aliphatic rings. The fourth-order valence-corrected chi connectivity index (χ4v) is 4.10. The van der Waals surface area contributed by atoms with Gasteiger partial charge in [0.25, 0.3) is 5.56 Å². The number of thioether (sulfide) groups is 1. The number of halogens is 1. The summed E-state index contributed by atoms with van der Waals surface area (Å²) in [6.07, 6.45) is 0. The first-order valence-corrected chi connectivity index (χ1v) is 9.30. The zero-order chi connectivity index (χ0) is 18.0. The maximum Gasteiger partial charge on any atom is 0.266 e. The third kappa shape index (κ3) is 4.06. The van der Waals surface area contributed by atoms with Gasteiger partial charge in [0.2, 0.25) is 0 Å². The lowest BCUT2D eigenvalue weighted by molar-refractivity contribution is 0.413. The molecule has 2 aromatic carbocycles. The lowest BCUT2D eigenvalue weighted by Crippen LogP contribution is -2.25. The highest BCUT2D eigenvalue weighted by atomic mass is 35.5. The summed E-state index contributed by atoms with van der Waals surface area (Å²) in [7, 11) is 4.07. The summed E-state index contributed by atoms with van der Waals surface area (Å²) in [5.74, 6) is 0. The molecule has 130 valence electrons. The highest BCUT2D eigenvalue weighted by Crippen LogP contribution is 2.26. The fourth-order valence-electron chi connectivity index (χ4n) is 2.75. The van der Waals surface area contributed by atoms with Crippen molar-refractivity contribution in [2.75, 3.05) is 20.6 Å². The van der Waals surface area contributed by atoms with E-state index in [4.69, 9.17) is 16.6 Å². The molecule has 0 fully saturated rings. The predicted octanol–water partition coefficient (Wildman–Crippen LogP) is 4.08. The Balaban J connectivity index is 2.19. The van der Waals surface area contributed by atoms with Crippen LogP contribution in [0.5, 0.6) is 0 Å². The molecular formula is C19H20ClN3OS. The van der Waals surface area contributed by atoms with Crippen molar-refractivity contribution in [3.8, 4) is 5.69 Å². The number of hydrogen-bond acceptors (Lipinski definition) is 4. The first-order chi connectivity index (χ1) is 12.0. The molecule has 1 heterocycles. The molecule has 0 aliphatic carbocycles. The van der Waals surface area contributed by atoms with Crippen LogP contribution in [-0.2, 0) is 0 Å². The van der Waals surface area contributed by atoms with Crippen molar-refractivity contribution in [1.29, 1.82) is 0 Å². The molecule has 6 heteroatoms. The summed E-state index contributed by atoms with van der Waals surface area (Å²) < 4.78 is 1.69. The van der Waals surface area contributed by atoms with Crippen LogP contribution in [0.15, 0.2) is 58.5 Å². The van der Waals surface area contributed by atoms with Crippen LogP contribution < -0.4 is 5.56 Å². The van der Waals surface area contributed by atoms with Crippen LogP contribution in [0, 0.1) is 0 Å². The lowest BCUT2D eigenvalue weighted by Gasteiger charge is -2.19. The number of fused-ring (bicyclic) bond motifs is 1. The van der Waals surface area contributed by atoms with Crippen molar-refractivity contribution in [3.63, 3.8) is 0 Å². The van der Waals surface area contributed by atoms with Gasteiger partial charge in [-0.2, -0.15) is 0 Å². The van der Waals surface area contributed by atoms with Gasteiger partial charge in [-0.3, -0.25) is 9.36 Å². The summed E-state index contributed by atoms with van der Waals surface area (Å²) in [4.78, 5) is 20.0. The molecule has 0 saturated heterocycles. The molecule has 1 unspecified atom stereocenters. The molecule has 0 aliphatic heterocycles. The van der Waals surface area contributed by atoms with Gasteiger partial charge in [0, 0.05) is 16.8 Å². The minimum atomic E-state index is -0.0765. The molecule has 0 spiro atoms. The number of rotatable bonds is 5. The Labute approximate surface area is 156 Å². The van der Waals surface area contributed by atoms with Gasteiger partial charge in [0.1, 0.15) is 0 Å². The standard InChI is InChI=1S/C19H20ClN3OS/c1-13(12-22(2)3)25-19-21-17-11-14(20)9-10-16(17)18(24)23(19)15-7-5-4-6-8-15/h4-11,13H,12H2,1-3H3. The number of benzene rings is 2. The van der Waals surface area contributed by atoms with Crippen molar-refractivity contribution < 1.29 is 0 Å². The lowest BCUT2D eigenvalue weighted by atomic mass is 10.2. The van der Waals surface area contributed by atoms with Gasteiger partial charge in [-0.15, -0.1) is 0 Å². The number of nitrogens with zero attached hydrogens (tertiary/aromatic N) is 3. The Kier molecular flexibility index (Phi) is 5.47. The van der Waals surface area contributed by atoms with Crippen LogP contribution in [0.3, 0.4) is 0 Å². The Bertz CT molecular complexity index is 941. The third-order valence-corrected chi connectivity index (χ3v) is 5.02. The van der Waals surface area contributed by atoms with Gasteiger partial charge in [0.05, 0.1) is 16.6 Å². The van der Waals surface area contributed by atoms with Gasteiger partial charge in [0.15, 0.2) is 5.16 Å². The highest BCUT2D eigenvalue weighted by Gasteiger charge is 2.16. The van der Waals surface area contributed by atoms with E-state index in [1.54, 1.807) is 34.5 Å². The normalized spacial score (nSPS) is 12.7. The molecule has 0 saturated carbocycles. The monoisotopic (exact) mass is 373 g/mol. The minimum Gasteiger partial charge on any atom is -0.308 e. The molecule has 0 bridgehead atoms. The number of aromatic nitrogens is 2. The molecule has 0 radical (unpaired) electrons. The fraction of sp³-hybridized carbons (Fsp3) is 0.263. The van der Waals surface area contributed by atoms with E-state index in [-0.39, 0.29) is 10.8 Å². The van der Waals surface area contributed by atoms with E-state index >= 15 is 0 Å². The average Bonchev–Trinajstić information content (AvgIpc) is 2.54. The molecule has 0 amide bonds. The number of hydrogen-bond donors (Lipinski definition) is 0. The second kappa shape index (κ2) is 7.60. The Morgan fingerprint density at radius 2 is 1.92 bits per heavy atom. The summed E-state index contributed by atoms with van der Waals surface area (Å²) in [6.45, 7) is 3.03. The average molecular weight is 374 g/mol. The van der Waals surface area contributed by atoms with Crippen LogP contribution in [0.4, 0.5) is 0 Å². The largest absolute Gasteiger partial charge is 0.308 e. The van der Waals surface area contributed by atoms with Crippen molar-refractivity contribution in [3.05, 3.63) is 63.9 Å². The van der Waals surface area contributed by atoms with Crippen molar-refractivity contribution in [2.24, 2.45) is 0 Å². The van der Waals surface area contributed by atoms with Gasteiger partial charge < -0.3 is 4.90 Å². The molecule has 4 nitrogen and oxygen atoms in total. The summed E-state index contributed by atoms with van der Waals surface area (Å²) in [5, 5.41) is 2.11. The van der Waals surface area contributed by atoms with Gasteiger partial charge in [-0.05, 0) is 44.4 Å². The zero-order valence-electron chi connectivity index (χ0n) is 14.4. The summed E-state index contributed by atoms with van der Waals surface area (Å²) in [6, 6.07) is 14.8. The SMILES string of the molecule is CC(CN(C)C)Sc1nc2cc(Cl)ccc2c(=O)n1-c1ccccc1. The molecule has 0 N–H and O–H groups in total. The molecule has 3 aromatic rings. The quantitative estimate of drug-likeness (QED) is 0.499. The van der Waals surface area contributed by atoms with Crippen LogP contribution in [-0.4, -0.2) is 40.3 Å². The minimum absolute atomic E-state index is 0.0765. The summed E-state index contributed by atoms with van der Waals surface area (Å²) >= 11 is 7.69. The molecular weight excluding hydrogens is 354 g/mol. The second-order valence-corrected chi connectivity index (χ2v) is 8.06. The van der Waals surface area contributed by atoms with Crippen LogP contribution in [0.2, 0.25) is 5.02 Å². The Morgan fingerprint density at radius 3 is 2.60 bits per heavy atom. The second-order valence-electron chi connectivity index (χ2n) is 6.22. The van der Waals surface area contributed by atoms with Crippen LogP contribution in [0.25, 0.3) is 16.6 Å². The van der Waals surface area contributed by atoms with E-state index in [1.165, 1.54) is 0 Å². The third-order valence-electron chi connectivity index (χ3n) is 3.74. The van der Waals surface area contributed by atoms with E-state index in [2.05, 4.69) is 11.8 Å². The van der Waals surface area contributed by atoms with Gasteiger partial charge in [-0.1, -0.05) is 48.5 Å². The Morgan fingerprint density at radius 1 is 1.20 bits per heavy atom. The molecule has 25 heavy (non-hydrogen) atoms. The molecule has 3 rings (SSSR count). The molecule has 1 aromatic heterocycles. The topological polar surface area (TPSA) is 38.1 Å². The smallest absolute Gasteiger partial charge is 0.266 e. The van der Waals surface area contributed by atoms with Crippen molar-refractivity contribution in [2.45, 2.75) is 17.3 Å². The number of para-hydroxylation sites is 1. The van der Waals surface area contributed by atoms with Gasteiger partial charge >= 0.3 is 0 Å². The maximum atomic E-state index is 13.1. The van der Waals surface area contributed by atoms with Crippen molar-refractivity contribution in [1.82, 2.24) is 14.5 Å². The van der Waals surface area contributed by atoms with Gasteiger partial charge in [-0.25, -0.2) is 4.98 Å². The summed E-state index contributed by atoms with van der Waals surface area (Å²) in [5.41, 5.74) is 1.37. The van der Waals surface area contributed by atoms with Crippen molar-refractivity contribution >= 4 is 34.3 Å². The molecule has 1 atom stereocenters. The van der Waals surface area contributed by atoms with E-state index in [1.807, 2.05) is 44.4 Å². The van der Waals surface area contributed by atoms with E-state index in [0.717, 1.165) is 12.2 Å². The Hall–Kier alpha value is -1.82. The maximum absolute atomic E-state index is 13.1.